The molecule has 0 unspecified atom stereocenters. The Morgan fingerprint density at radius 3 is 2.46 bits per heavy atom. The Bertz CT molecular complexity index is 851. The third kappa shape index (κ3) is 5.99. The zero-order valence-electron chi connectivity index (χ0n) is 15.6. The normalized spacial score (nSPS) is 11.4. The fourth-order valence-corrected chi connectivity index (χ4v) is 2.34. The van der Waals surface area contributed by atoms with E-state index in [2.05, 4.69) is 10.6 Å². The first kappa shape index (κ1) is 20.7. The van der Waals surface area contributed by atoms with E-state index < -0.39 is 30.4 Å². The van der Waals surface area contributed by atoms with Crippen molar-refractivity contribution in [2.45, 2.75) is 26.3 Å². The number of benzene rings is 1. The number of rotatable bonds is 8. The molecule has 2 rings (SSSR count). The van der Waals surface area contributed by atoms with E-state index in [1.165, 1.54) is 12.3 Å². The van der Waals surface area contributed by atoms with Gasteiger partial charge in [0.25, 0.3) is 11.8 Å². The van der Waals surface area contributed by atoms with Gasteiger partial charge in [-0.3, -0.25) is 9.59 Å². The molecule has 0 saturated carbocycles. The van der Waals surface area contributed by atoms with Crippen LogP contribution in [-0.4, -0.2) is 30.4 Å². The topological polar surface area (TPSA) is 121 Å². The summed E-state index contributed by atoms with van der Waals surface area (Å²) in [5.41, 5.74) is 1.35. The van der Waals surface area contributed by atoms with E-state index in [9.17, 15) is 14.4 Å². The molecule has 1 aromatic heterocycles. The number of carbonyl (C=O) groups is 3. The minimum absolute atomic E-state index is 0.0797. The van der Waals surface area contributed by atoms with E-state index in [0.29, 0.717) is 5.69 Å². The highest BCUT2D eigenvalue weighted by Crippen LogP contribution is 2.10. The molecular formula is C20H21N3O5. The lowest BCUT2D eigenvalue weighted by atomic mass is 10.0. The van der Waals surface area contributed by atoms with Gasteiger partial charge in [-0.05, 0) is 35.7 Å². The third-order valence-corrected chi connectivity index (χ3v) is 3.82. The monoisotopic (exact) mass is 383 g/mol. The second-order valence-electron chi connectivity index (χ2n) is 6.36. The number of nitriles is 1. The number of nitrogens with one attached hydrogen (secondary N) is 2. The number of esters is 1. The molecule has 2 N–H and O–H groups in total. The van der Waals surface area contributed by atoms with Crippen molar-refractivity contribution in [2.24, 2.45) is 5.92 Å². The van der Waals surface area contributed by atoms with Crippen molar-refractivity contribution in [3.05, 3.63) is 54.0 Å². The molecular weight excluding hydrogens is 362 g/mol. The Labute approximate surface area is 162 Å². The Morgan fingerprint density at radius 1 is 1.18 bits per heavy atom. The van der Waals surface area contributed by atoms with E-state index in [1.807, 2.05) is 6.07 Å². The summed E-state index contributed by atoms with van der Waals surface area (Å²) in [5, 5.41) is 13.8. The average molecular weight is 383 g/mol. The second kappa shape index (κ2) is 9.92. The standard InChI is InChI=1S/C20H21N3O5/c1-13(2)18(23-19(25)16-4-3-11-27-16)20(26)28-12-17(24)22-15-7-5-14(6-8-15)9-10-21/h3-8,11,13,18H,9,12H2,1-2H3,(H,22,24)(H,23,25)/t18-/m0/s1. The molecule has 8 heteroatoms. The summed E-state index contributed by atoms with van der Waals surface area (Å²) < 4.78 is 10.0. The molecule has 0 aliphatic carbocycles. The van der Waals surface area contributed by atoms with Crippen molar-refractivity contribution in [3.8, 4) is 6.07 Å². The molecule has 0 saturated heterocycles. The van der Waals surface area contributed by atoms with Crippen molar-refractivity contribution in [2.75, 3.05) is 11.9 Å². The van der Waals surface area contributed by atoms with Gasteiger partial charge in [0.2, 0.25) is 0 Å². The van der Waals surface area contributed by atoms with Gasteiger partial charge in [-0.1, -0.05) is 26.0 Å². The van der Waals surface area contributed by atoms with Gasteiger partial charge in [-0.2, -0.15) is 5.26 Å². The van der Waals surface area contributed by atoms with Crippen molar-refractivity contribution >= 4 is 23.5 Å². The van der Waals surface area contributed by atoms with E-state index in [-0.39, 0.29) is 18.1 Å². The number of hydrogen-bond acceptors (Lipinski definition) is 6. The maximum absolute atomic E-state index is 12.3. The predicted molar refractivity (Wildman–Crippen MR) is 100 cm³/mol. The minimum Gasteiger partial charge on any atom is -0.459 e. The molecule has 0 spiro atoms. The number of amides is 2. The fraction of sp³-hybridized carbons (Fsp3) is 0.300. The van der Waals surface area contributed by atoms with Gasteiger partial charge in [-0.15, -0.1) is 0 Å². The van der Waals surface area contributed by atoms with E-state index in [1.54, 1.807) is 44.2 Å². The van der Waals surface area contributed by atoms with Gasteiger partial charge in [0.15, 0.2) is 12.4 Å². The Morgan fingerprint density at radius 2 is 1.89 bits per heavy atom. The molecule has 0 radical (unpaired) electrons. The minimum atomic E-state index is -0.921. The van der Waals surface area contributed by atoms with Gasteiger partial charge < -0.3 is 19.8 Å². The number of carbonyl (C=O) groups excluding carboxylic acids is 3. The summed E-state index contributed by atoms with van der Waals surface area (Å²) in [6.45, 7) is 3.01. The molecule has 0 fully saturated rings. The van der Waals surface area contributed by atoms with Crippen LogP contribution in [0.1, 0.15) is 30.0 Å². The molecule has 0 bridgehead atoms. The smallest absolute Gasteiger partial charge is 0.329 e. The SMILES string of the molecule is CC(C)[C@H](NC(=O)c1ccco1)C(=O)OCC(=O)Nc1ccc(CC#N)cc1. The van der Waals surface area contributed by atoms with Crippen molar-refractivity contribution < 1.29 is 23.5 Å². The molecule has 1 aromatic carbocycles. The van der Waals surface area contributed by atoms with Gasteiger partial charge in [0.05, 0.1) is 18.8 Å². The quantitative estimate of drug-likeness (QED) is 0.675. The highest BCUT2D eigenvalue weighted by molar-refractivity contribution is 5.96. The number of anilines is 1. The molecule has 2 aromatic rings. The van der Waals surface area contributed by atoms with Crippen LogP contribution >= 0.6 is 0 Å². The maximum Gasteiger partial charge on any atom is 0.329 e. The van der Waals surface area contributed by atoms with Gasteiger partial charge in [-0.25, -0.2) is 4.79 Å². The largest absolute Gasteiger partial charge is 0.459 e. The van der Waals surface area contributed by atoms with Crippen LogP contribution in [0.5, 0.6) is 0 Å². The summed E-state index contributed by atoms with van der Waals surface area (Å²) in [6.07, 6.45) is 1.64. The molecule has 8 nitrogen and oxygen atoms in total. The van der Waals surface area contributed by atoms with Crippen LogP contribution in [0.2, 0.25) is 0 Å². The van der Waals surface area contributed by atoms with Crippen LogP contribution in [0.3, 0.4) is 0 Å². The lowest BCUT2D eigenvalue weighted by Crippen LogP contribution is -2.45. The summed E-state index contributed by atoms with van der Waals surface area (Å²) in [7, 11) is 0. The van der Waals surface area contributed by atoms with Gasteiger partial charge in [0.1, 0.15) is 6.04 Å². The Hall–Kier alpha value is -3.60. The first-order valence-corrected chi connectivity index (χ1v) is 8.67. The summed E-state index contributed by atoms with van der Waals surface area (Å²) >= 11 is 0. The molecule has 1 heterocycles. The maximum atomic E-state index is 12.3. The van der Waals surface area contributed by atoms with Crippen molar-refractivity contribution in [1.82, 2.24) is 5.32 Å². The molecule has 0 aliphatic heterocycles. The zero-order valence-corrected chi connectivity index (χ0v) is 15.6. The molecule has 28 heavy (non-hydrogen) atoms. The highest BCUT2D eigenvalue weighted by Gasteiger charge is 2.27. The molecule has 1 atom stereocenters. The third-order valence-electron chi connectivity index (χ3n) is 3.82. The van der Waals surface area contributed by atoms with E-state index in [4.69, 9.17) is 14.4 Å². The predicted octanol–water partition coefficient (Wildman–Crippen LogP) is 2.28. The lowest BCUT2D eigenvalue weighted by Gasteiger charge is -2.20. The average Bonchev–Trinajstić information content (AvgIpc) is 3.20. The van der Waals surface area contributed by atoms with Crippen molar-refractivity contribution in [1.29, 1.82) is 5.26 Å². The summed E-state index contributed by atoms with van der Waals surface area (Å²) in [5.74, 6) is -1.93. The van der Waals surface area contributed by atoms with E-state index >= 15 is 0 Å². The van der Waals surface area contributed by atoms with E-state index in [0.717, 1.165) is 5.56 Å². The molecule has 146 valence electrons. The number of nitrogens with zero attached hydrogens (tertiary/aromatic N) is 1. The van der Waals surface area contributed by atoms with Gasteiger partial charge in [0, 0.05) is 5.69 Å². The lowest BCUT2D eigenvalue weighted by molar-refractivity contribution is -0.150. The fourth-order valence-electron chi connectivity index (χ4n) is 2.34. The second-order valence-corrected chi connectivity index (χ2v) is 6.36. The highest BCUT2D eigenvalue weighted by atomic mass is 16.5. The van der Waals surface area contributed by atoms with Crippen LogP contribution in [0.4, 0.5) is 5.69 Å². The molecule has 0 aliphatic rings. The number of ether oxygens (including phenoxy) is 1. The number of hydrogen-bond donors (Lipinski definition) is 2. The first-order valence-electron chi connectivity index (χ1n) is 8.67. The van der Waals surface area contributed by atoms with Crippen LogP contribution in [0.15, 0.2) is 47.1 Å². The van der Waals surface area contributed by atoms with Crippen LogP contribution in [-0.2, 0) is 20.7 Å². The molecule has 2 amide bonds. The summed E-state index contributed by atoms with van der Waals surface area (Å²) in [6, 6.07) is 10.9. The Balaban J connectivity index is 1.86. The van der Waals surface area contributed by atoms with Crippen LogP contribution < -0.4 is 10.6 Å². The summed E-state index contributed by atoms with van der Waals surface area (Å²) in [4.78, 5) is 36.3. The Kier molecular flexibility index (Phi) is 7.34. The van der Waals surface area contributed by atoms with Crippen LogP contribution in [0, 0.1) is 17.2 Å². The van der Waals surface area contributed by atoms with Crippen molar-refractivity contribution in [3.63, 3.8) is 0 Å². The van der Waals surface area contributed by atoms with Crippen LogP contribution in [0.25, 0.3) is 0 Å². The zero-order chi connectivity index (χ0) is 20.5. The number of furan rings is 1. The van der Waals surface area contributed by atoms with Gasteiger partial charge >= 0.3 is 5.97 Å². The first-order chi connectivity index (χ1) is 13.4.